The van der Waals surface area contributed by atoms with E-state index in [4.69, 9.17) is 21.7 Å². The van der Waals surface area contributed by atoms with Gasteiger partial charge in [0.05, 0.1) is 17.9 Å². The van der Waals surface area contributed by atoms with Gasteiger partial charge in [-0.3, -0.25) is 0 Å². The van der Waals surface area contributed by atoms with Crippen molar-refractivity contribution in [1.82, 2.24) is 0 Å². The number of rotatable bonds is 4. The first-order valence-corrected chi connectivity index (χ1v) is 10.2. The molecule has 1 aromatic carbocycles. The molecule has 0 N–H and O–H groups in total. The molecule has 0 saturated heterocycles. The van der Waals surface area contributed by atoms with Gasteiger partial charge in [-0.05, 0) is 74.0 Å². The van der Waals surface area contributed by atoms with Gasteiger partial charge in [0.2, 0.25) is 0 Å². The molecule has 2 aliphatic rings. The molecule has 1 spiro atoms. The minimum Gasteiger partial charge on any atom is -0.464 e. The van der Waals surface area contributed by atoms with Crippen LogP contribution in [0.2, 0.25) is 0 Å². The molecule has 0 heterocycles. The van der Waals surface area contributed by atoms with Crippen molar-refractivity contribution in [2.45, 2.75) is 51.2 Å². The molecule has 1 aromatic rings. The van der Waals surface area contributed by atoms with Crippen LogP contribution in [0.4, 0.5) is 0 Å². The minimum absolute atomic E-state index is 0.201. The molecule has 3 rings (SSSR count). The van der Waals surface area contributed by atoms with E-state index in [0.29, 0.717) is 12.5 Å². The van der Waals surface area contributed by atoms with Crippen molar-refractivity contribution in [2.75, 3.05) is 13.7 Å². The number of hydrogen-bond acceptors (Lipinski definition) is 5. The Morgan fingerprint density at radius 1 is 1.50 bits per heavy atom. The SMILES string of the molecule is CCOC(=O)[C@]1(N=C=S)c2cc(Br)ccc2C[C@@]12CC[C@H](OC)[C@@H](C)C2. The van der Waals surface area contributed by atoms with Gasteiger partial charge >= 0.3 is 5.97 Å². The Hall–Kier alpha value is -1.07. The fourth-order valence-corrected chi connectivity index (χ4v) is 5.56. The smallest absolute Gasteiger partial charge is 0.340 e. The number of nitrogens with zero attached hydrogens (tertiary/aromatic N) is 1. The number of halogens is 1. The van der Waals surface area contributed by atoms with Crippen molar-refractivity contribution in [2.24, 2.45) is 16.3 Å². The van der Waals surface area contributed by atoms with E-state index in [1.165, 1.54) is 0 Å². The average molecular weight is 438 g/mol. The number of fused-ring (bicyclic) bond motifs is 1. The van der Waals surface area contributed by atoms with E-state index in [1.807, 2.05) is 19.1 Å². The summed E-state index contributed by atoms with van der Waals surface area (Å²) in [4.78, 5) is 17.9. The summed E-state index contributed by atoms with van der Waals surface area (Å²) in [5.41, 5.74) is 0.545. The summed E-state index contributed by atoms with van der Waals surface area (Å²) in [6.07, 6.45) is 3.54. The first kappa shape index (κ1) is 19.7. The molecule has 0 bridgehead atoms. The predicted octanol–water partition coefficient (Wildman–Crippen LogP) is 4.69. The van der Waals surface area contributed by atoms with Gasteiger partial charge in [-0.15, -0.1) is 0 Å². The van der Waals surface area contributed by atoms with Gasteiger partial charge < -0.3 is 9.47 Å². The van der Waals surface area contributed by atoms with Crippen molar-refractivity contribution in [1.29, 1.82) is 0 Å². The number of esters is 1. The lowest BCUT2D eigenvalue weighted by molar-refractivity contribution is -0.159. The van der Waals surface area contributed by atoms with Crippen molar-refractivity contribution in [3.8, 4) is 0 Å². The largest absolute Gasteiger partial charge is 0.464 e. The standard InChI is InChI=1S/C20H24BrNO3S/c1-4-25-18(23)20(22-12-26)16-9-15(21)6-5-14(16)11-19(20)8-7-17(24-3)13(2)10-19/h5-6,9,13,17H,4,7-8,10-11H2,1-3H3/t13-,17-,19-,20+/m0/s1. The highest BCUT2D eigenvalue weighted by Gasteiger charge is 2.65. The molecule has 1 fully saturated rings. The second-order valence-electron chi connectivity index (χ2n) is 7.39. The van der Waals surface area contributed by atoms with Crippen LogP contribution in [0, 0.1) is 11.3 Å². The van der Waals surface area contributed by atoms with Crippen LogP contribution < -0.4 is 0 Å². The van der Waals surface area contributed by atoms with E-state index < -0.39 is 5.54 Å². The number of ether oxygens (including phenoxy) is 2. The molecule has 0 aromatic heterocycles. The molecular formula is C20H24BrNO3S. The monoisotopic (exact) mass is 437 g/mol. The van der Waals surface area contributed by atoms with Crippen molar-refractivity contribution in [3.05, 3.63) is 33.8 Å². The molecule has 0 radical (unpaired) electrons. The molecule has 4 atom stereocenters. The van der Waals surface area contributed by atoms with Crippen LogP contribution in [-0.4, -0.2) is 31.0 Å². The maximum atomic E-state index is 13.3. The van der Waals surface area contributed by atoms with Gasteiger partial charge in [0.15, 0.2) is 5.54 Å². The van der Waals surface area contributed by atoms with Crippen LogP contribution in [0.25, 0.3) is 0 Å². The zero-order valence-corrected chi connectivity index (χ0v) is 17.8. The first-order chi connectivity index (χ1) is 12.4. The number of methoxy groups -OCH3 is 1. The Bertz CT molecular complexity index is 763. The first-order valence-electron chi connectivity index (χ1n) is 9.02. The Labute approximate surface area is 168 Å². The van der Waals surface area contributed by atoms with E-state index in [0.717, 1.165) is 41.3 Å². The number of benzene rings is 1. The fourth-order valence-electron chi connectivity index (χ4n) is 5.06. The van der Waals surface area contributed by atoms with Crippen LogP contribution in [0.15, 0.2) is 27.7 Å². The van der Waals surface area contributed by atoms with E-state index in [9.17, 15) is 4.79 Å². The summed E-state index contributed by atoms with van der Waals surface area (Å²) in [6.45, 7) is 4.31. The zero-order valence-electron chi connectivity index (χ0n) is 15.4. The molecule has 0 unspecified atom stereocenters. The van der Waals surface area contributed by atoms with E-state index in [-0.39, 0.29) is 17.5 Å². The second kappa shape index (κ2) is 7.51. The Morgan fingerprint density at radius 2 is 2.27 bits per heavy atom. The number of thiocarbonyl (C=S) groups is 1. The van der Waals surface area contributed by atoms with Crippen LogP contribution in [-0.2, 0) is 26.2 Å². The average Bonchev–Trinajstić information content (AvgIpc) is 2.86. The Morgan fingerprint density at radius 3 is 2.88 bits per heavy atom. The second-order valence-corrected chi connectivity index (χ2v) is 8.49. The van der Waals surface area contributed by atoms with Gasteiger partial charge in [-0.2, -0.15) is 0 Å². The van der Waals surface area contributed by atoms with Crippen LogP contribution in [0.1, 0.15) is 44.2 Å². The molecule has 4 nitrogen and oxygen atoms in total. The van der Waals surface area contributed by atoms with Gasteiger partial charge in [0.1, 0.15) is 0 Å². The van der Waals surface area contributed by atoms with Crippen LogP contribution in [0.3, 0.4) is 0 Å². The number of hydrogen-bond donors (Lipinski definition) is 0. The summed E-state index contributed by atoms with van der Waals surface area (Å²) in [5.74, 6) is -0.00195. The van der Waals surface area contributed by atoms with E-state index >= 15 is 0 Å². The van der Waals surface area contributed by atoms with Gasteiger partial charge in [0.25, 0.3) is 0 Å². The van der Waals surface area contributed by atoms with Crippen molar-refractivity contribution in [3.63, 3.8) is 0 Å². The highest BCUT2D eigenvalue weighted by molar-refractivity contribution is 9.10. The minimum atomic E-state index is -1.13. The Balaban J connectivity index is 2.21. The molecule has 26 heavy (non-hydrogen) atoms. The van der Waals surface area contributed by atoms with Crippen LogP contribution in [0.5, 0.6) is 0 Å². The molecule has 0 amide bonds. The van der Waals surface area contributed by atoms with E-state index in [1.54, 1.807) is 7.11 Å². The fraction of sp³-hybridized carbons (Fsp3) is 0.600. The number of isothiocyanates is 1. The number of carbonyl (C=O) groups is 1. The van der Waals surface area contributed by atoms with Crippen molar-refractivity contribution >= 4 is 39.3 Å². The lowest BCUT2D eigenvalue weighted by atomic mass is 9.59. The highest BCUT2D eigenvalue weighted by Crippen LogP contribution is 2.61. The zero-order chi connectivity index (χ0) is 18.9. The molecule has 6 heteroatoms. The van der Waals surface area contributed by atoms with Gasteiger partial charge in [-0.25, -0.2) is 9.79 Å². The predicted molar refractivity (Wildman–Crippen MR) is 107 cm³/mol. The maximum absolute atomic E-state index is 13.3. The lowest BCUT2D eigenvalue weighted by Gasteiger charge is -2.47. The molecular weight excluding hydrogens is 414 g/mol. The third kappa shape index (κ3) is 2.88. The van der Waals surface area contributed by atoms with Gasteiger partial charge in [-0.1, -0.05) is 28.9 Å². The summed E-state index contributed by atoms with van der Waals surface area (Å²) in [6, 6.07) is 6.08. The molecule has 0 aliphatic heterocycles. The summed E-state index contributed by atoms with van der Waals surface area (Å²) in [5, 5.41) is 2.52. The summed E-state index contributed by atoms with van der Waals surface area (Å²) in [7, 11) is 1.76. The van der Waals surface area contributed by atoms with Crippen molar-refractivity contribution < 1.29 is 14.3 Å². The molecule has 140 valence electrons. The lowest BCUT2D eigenvalue weighted by Crippen LogP contribution is -2.52. The van der Waals surface area contributed by atoms with E-state index in [2.05, 4.69) is 39.1 Å². The van der Waals surface area contributed by atoms with Gasteiger partial charge in [0, 0.05) is 17.0 Å². The topological polar surface area (TPSA) is 47.9 Å². The quantitative estimate of drug-likeness (QED) is 0.389. The normalized spacial score (nSPS) is 32.8. The highest BCUT2D eigenvalue weighted by atomic mass is 79.9. The third-order valence-electron chi connectivity index (χ3n) is 6.10. The third-order valence-corrected chi connectivity index (χ3v) is 6.68. The molecule has 1 saturated carbocycles. The summed E-state index contributed by atoms with van der Waals surface area (Å²) < 4.78 is 12.1. The Kier molecular flexibility index (Phi) is 5.69. The maximum Gasteiger partial charge on any atom is 0.340 e. The van der Waals surface area contributed by atoms with Crippen LogP contribution >= 0.6 is 28.1 Å². The summed E-state index contributed by atoms with van der Waals surface area (Å²) >= 11 is 8.53. The number of aliphatic imine (C=N–C) groups is 1. The number of carbonyl (C=O) groups excluding carboxylic acids is 1. The molecule has 2 aliphatic carbocycles.